The molecule has 3 N–H and O–H groups in total. The highest BCUT2D eigenvalue weighted by Crippen LogP contribution is 2.57. The van der Waals surface area contributed by atoms with Gasteiger partial charge in [-0.3, -0.25) is 19.0 Å². The van der Waals surface area contributed by atoms with E-state index in [1.165, 1.54) is 0 Å². The molecule has 214 valence electrons. The van der Waals surface area contributed by atoms with Crippen molar-refractivity contribution in [2.24, 2.45) is 25.2 Å². The summed E-state index contributed by atoms with van der Waals surface area (Å²) in [6, 6.07) is 9.82. The lowest BCUT2D eigenvalue weighted by Crippen LogP contribution is -2.58. The van der Waals surface area contributed by atoms with Crippen LogP contribution in [0.4, 0.5) is 0 Å². The third-order valence-electron chi connectivity index (χ3n) is 8.64. The molecule has 1 spiro atoms. The van der Waals surface area contributed by atoms with Crippen LogP contribution >= 0.6 is 0 Å². The van der Waals surface area contributed by atoms with E-state index < -0.39 is 5.91 Å². The van der Waals surface area contributed by atoms with Crippen LogP contribution in [0.3, 0.4) is 0 Å². The van der Waals surface area contributed by atoms with Crippen molar-refractivity contribution in [1.82, 2.24) is 39.6 Å². The summed E-state index contributed by atoms with van der Waals surface area (Å²) in [6.07, 6.45) is 10.5. The van der Waals surface area contributed by atoms with Crippen molar-refractivity contribution < 1.29 is 14.3 Å². The van der Waals surface area contributed by atoms with Gasteiger partial charge in [-0.2, -0.15) is 20.3 Å². The maximum atomic E-state index is 13.1. The van der Waals surface area contributed by atoms with Crippen LogP contribution in [-0.4, -0.2) is 58.3 Å². The van der Waals surface area contributed by atoms with Crippen LogP contribution in [0.15, 0.2) is 55.1 Å². The van der Waals surface area contributed by atoms with Crippen LogP contribution in [0.5, 0.6) is 5.88 Å². The summed E-state index contributed by atoms with van der Waals surface area (Å²) < 4.78 is 11.3. The van der Waals surface area contributed by atoms with Gasteiger partial charge in [-0.25, -0.2) is 4.68 Å². The van der Waals surface area contributed by atoms with E-state index in [0.29, 0.717) is 11.2 Å². The summed E-state index contributed by atoms with van der Waals surface area (Å²) in [5, 5.41) is 16.8. The zero-order valence-electron chi connectivity index (χ0n) is 23.6. The zero-order valence-corrected chi connectivity index (χ0v) is 23.6. The number of nitrogens with two attached hydrogens (primary N) is 1. The third-order valence-corrected chi connectivity index (χ3v) is 8.64. The molecular weight excluding hydrogens is 534 g/mol. The Morgan fingerprint density at radius 2 is 1.74 bits per heavy atom. The molecule has 0 unspecified atom stereocenters. The van der Waals surface area contributed by atoms with Gasteiger partial charge < -0.3 is 15.8 Å². The summed E-state index contributed by atoms with van der Waals surface area (Å²) >= 11 is 0. The number of amides is 2. The molecule has 2 aliphatic carbocycles. The quantitative estimate of drug-likeness (QED) is 0.308. The fourth-order valence-electron chi connectivity index (χ4n) is 6.42. The Balaban J connectivity index is 0.950. The zero-order chi connectivity index (χ0) is 29.2. The predicted octanol–water partition coefficient (Wildman–Crippen LogP) is 3.08. The molecule has 2 amide bonds. The van der Waals surface area contributed by atoms with Gasteiger partial charge in [0.25, 0.3) is 11.8 Å². The number of ether oxygens (including phenoxy) is 1. The molecule has 1 aromatic carbocycles. The van der Waals surface area contributed by atoms with Gasteiger partial charge in [0.05, 0.1) is 35.5 Å². The Labute approximate surface area is 241 Å². The minimum atomic E-state index is -0.580. The van der Waals surface area contributed by atoms with E-state index in [4.69, 9.17) is 10.5 Å². The van der Waals surface area contributed by atoms with E-state index in [1.54, 1.807) is 39.6 Å². The number of primary amides is 1. The SMILES string of the molecule is Cc1c(C(=O)NC2CC3(C2)CC(Oc2nc4c(cnn4C)cc2C(N)=O)C3)cnn1-c1ccc(-c2cnn(C)c2)cc1. The predicted molar refractivity (Wildman–Crippen MR) is 154 cm³/mol. The average Bonchev–Trinajstić information content (AvgIpc) is 3.64. The topological polar surface area (TPSA) is 148 Å². The summed E-state index contributed by atoms with van der Waals surface area (Å²) in [7, 11) is 3.68. The van der Waals surface area contributed by atoms with Crippen molar-refractivity contribution in [3.8, 4) is 22.7 Å². The Bertz CT molecular complexity index is 1840. The Morgan fingerprint density at radius 1 is 0.976 bits per heavy atom. The lowest BCUT2D eigenvalue weighted by molar-refractivity contribution is -0.0847. The van der Waals surface area contributed by atoms with Gasteiger partial charge in [0.15, 0.2) is 5.65 Å². The number of hydrogen-bond donors (Lipinski definition) is 2. The number of carbonyl (C=O) groups is 2. The molecule has 7 rings (SSSR count). The van der Waals surface area contributed by atoms with Crippen LogP contribution in [-0.2, 0) is 14.1 Å². The van der Waals surface area contributed by atoms with Crippen LogP contribution in [0.2, 0.25) is 0 Å². The molecule has 12 nitrogen and oxygen atoms in total. The fraction of sp³-hybridized carbons (Fsp3) is 0.333. The summed E-state index contributed by atoms with van der Waals surface area (Å²) in [5.41, 5.74) is 11.0. The third kappa shape index (κ3) is 4.39. The summed E-state index contributed by atoms with van der Waals surface area (Å²) in [4.78, 5) is 29.7. The van der Waals surface area contributed by atoms with E-state index in [9.17, 15) is 9.59 Å². The van der Waals surface area contributed by atoms with Crippen molar-refractivity contribution in [3.63, 3.8) is 0 Å². The molecule has 0 atom stereocenters. The summed E-state index contributed by atoms with van der Waals surface area (Å²) in [5.74, 6) is -0.441. The molecular formula is C30H31N9O3. The molecule has 42 heavy (non-hydrogen) atoms. The van der Waals surface area contributed by atoms with Crippen molar-refractivity contribution in [2.75, 3.05) is 0 Å². The number of benzene rings is 1. The lowest BCUT2D eigenvalue weighted by atomic mass is 9.53. The lowest BCUT2D eigenvalue weighted by Gasteiger charge is -2.57. The minimum Gasteiger partial charge on any atom is -0.474 e. The molecule has 4 heterocycles. The fourth-order valence-corrected chi connectivity index (χ4v) is 6.42. The Morgan fingerprint density at radius 3 is 2.43 bits per heavy atom. The van der Waals surface area contributed by atoms with Gasteiger partial charge in [0.2, 0.25) is 5.88 Å². The smallest absolute Gasteiger partial charge is 0.254 e. The number of carbonyl (C=O) groups excluding carboxylic acids is 2. The van der Waals surface area contributed by atoms with Crippen molar-refractivity contribution in [3.05, 3.63) is 71.9 Å². The van der Waals surface area contributed by atoms with E-state index in [0.717, 1.165) is 53.6 Å². The van der Waals surface area contributed by atoms with Gasteiger partial charge >= 0.3 is 0 Å². The first-order valence-electron chi connectivity index (χ1n) is 13.9. The molecule has 2 aliphatic rings. The Kier molecular flexibility index (Phi) is 5.89. The molecule has 0 radical (unpaired) electrons. The van der Waals surface area contributed by atoms with Crippen LogP contribution in [0.25, 0.3) is 27.8 Å². The second-order valence-electron chi connectivity index (χ2n) is 11.6. The largest absolute Gasteiger partial charge is 0.474 e. The molecule has 5 aromatic rings. The highest BCUT2D eigenvalue weighted by molar-refractivity contribution is 5.98. The highest BCUT2D eigenvalue weighted by Gasteiger charge is 2.54. The van der Waals surface area contributed by atoms with E-state index >= 15 is 0 Å². The van der Waals surface area contributed by atoms with Gasteiger partial charge in [-0.15, -0.1) is 0 Å². The molecule has 0 saturated heterocycles. The molecule has 4 aromatic heterocycles. The first-order valence-corrected chi connectivity index (χ1v) is 13.9. The van der Waals surface area contributed by atoms with Gasteiger partial charge in [0, 0.05) is 37.3 Å². The van der Waals surface area contributed by atoms with Gasteiger partial charge in [-0.1, -0.05) is 12.1 Å². The number of hydrogen-bond acceptors (Lipinski definition) is 7. The number of aromatic nitrogens is 7. The number of pyridine rings is 1. The summed E-state index contributed by atoms with van der Waals surface area (Å²) in [6.45, 7) is 1.91. The molecule has 2 saturated carbocycles. The van der Waals surface area contributed by atoms with Crippen molar-refractivity contribution in [2.45, 2.75) is 44.8 Å². The molecule has 12 heteroatoms. The standard InChI is InChI=1S/C30H31N9O3/c1-17-25(15-34-39(17)22-6-4-18(5-7-22)20-14-32-37(2)16-20)28(41)35-21-9-30(10-21)11-23(12-30)42-29-24(26(31)40)8-19-13-33-38(3)27(19)36-29/h4-8,13-16,21,23H,9-12H2,1-3H3,(H2,31,40)(H,35,41). The van der Waals surface area contributed by atoms with Crippen molar-refractivity contribution in [1.29, 1.82) is 0 Å². The van der Waals surface area contributed by atoms with E-state index in [-0.39, 0.29) is 34.9 Å². The number of nitrogens with zero attached hydrogens (tertiary/aromatic N) is 7. The Hall–Kier alpha value is -5.00. The van der Waals surface area contributed by atoms with E-state index in [2.05, 4.69) is 25.6 Å². The monoisotopic (exact) mass is 565 g/mol. The molecule has 0 aliphatic heterocycles. The van der Waals surface area contributed by atoms with Gasteiger partial charge in [0.1, 0.15) is 11.7 Å². The number of nitrogens with one attached hydrogen (secondary N) is 1. The van der Waals surface area contributed by atoms with Crippen LogP contribution in [0, 0.1) is 12.3 Å². The van der Waals surface area contributed by atoms with Gasteiger partial charge in [-0.05, 0) is 61.8 Å². The number of fused-ring (bicyclic) bond motifs is 1. The van der Waals surface area contributed by atoms with Crippen LogP contribution < -0.4 is 15.8 Å². The van der Waals surface area contributed by atoms with Crippen LogP contribution in [0.1, 0.15) is 52.1 Å². The van der Waals surface area contributed by atoms with E-state index in [1.807, 2.05) is 50.6 Å². The first kappa shape index (κ1) is 25.9. The van der Waals surface area contributed by atoms with Crippen molar-refractivity contribution >= 4 is 22.8 Å². The molecule has 2 fully saturated rings. The minimum absolute atomic E-state index is 0.0528. The maximum absolute atomic E-state index is 13.1. The highest BCUT2D eigenvalue weighted by atomic mass is 16.5. The second-order valence-corrected chi connectivity index (χ2v) is 11.6. The maximum Gasteiger partial charge on any atom is 0.254 e. The average molecular weight is 566 g/mol. The normalized spacial score (nSPS) is 21.2. The number of aryl methyl sites for hydroxylation is 2. The first-order chi connectivity index (χ1) is 20.2. The number of rotatable bonds is 7. The molecule has 0 bridgehead atoms. The second kappa shape index (κ2) is 9.54.